The van der Waals surface area contributed by atoms with Gasteiger partial charge in [-0.25, -0.2) is 0 Å². The number of aliphatic hydroxyl groups is 1. The molecule has 0 radical (unpaired) electrons. The van der Waals surface area contributed by atoms with Crippen LogP contribution in [0.15, 0.2) is 0 Å². The second kappa shape index (κ2) is 1.96. The maximum Gasteiger partial charge on any atom is 0.0581 e. The van der Waals surface area contributed by atoms with Crippen LogP contribution in [0, 0.1) is 5.92 Å². The average Bonchev–Trinajstić information content (AvgIpc) is 2.25. The van der Waals surface area contributed by atoms with Gasteiger partial charge in [0, 0.05) is 12.6 Å². The van der Waals surface area contributed by atoms with Gasteiger partial charge in [0.2, 0.25) is 0 Å². The first kappa shape index (κ1) is 5.69. The van der Waals surface area contributed by atoms with Crippen LogP contribution in [0.3, 0.4) is 0 Å². The van der Waals surface area contributed by atoms with E-state index in [2.05, 4.69) is 5.32 Å². The number of hydrogen-bond acceptors (Lipinski definition) is 2. The molecule has 2 aliphatic rings. The monoisotopic (exact) mass is 127 g/mol. The van der Waals surface area contributed by atoms with Crippen molar-refractivity contribution in [3.63, 3.8) is 0 Å². The molecule has 2 rings (SSSR count). The predicted molar refractivity (Wildman–Crippen MR) is 35.1 cm³/mol. The van der Waals surface area contributed by atoms with Crippen molar-refractivity contribution in [1.82, 2.24) is 5.32 Å². The Morgan fingerprint density at radius 1 is 1.33 bits per heavy atom. The standard InChI is InChI=1S/C7H13NO/c9-7-2-1-6-3-5(7)4-8-6/h5-9H,1-4H2/t5-,6-,7-/m0/s1. The second-order valence-corrected chi connectivity index (χ2v) is 3.25. The molecule has 2 nitrogen and oxygen atoms in total. The Labute approximate surface area is 55.3 Å². The van der Waals surface area contributed by atoms with E-state index in [0.717, 1.165) is 19.0 Å². The van der Waals surface area contributed by atoms with E-state index in [1.165, 1.54) is 12.8 Å². The maximum absolute atomic E-state index is 9.36. The molecule has 3 atom stereocenters. The summed E-state index contributed by atoms with van der Waals surface area (Å²) in [5, 5.41) is 12.7. The molecule has 0 aromatic heterocycles. The molecule has 52 valence electrons. The van der Waals surface area contributed by atoms with Crippen LogP contribution in [0.1, 0.15) is 19.3 Å². The molecule has 2 fully saturated rings. The number of fused-ring (bicyclic) bond motifs is 2. The highest BCUT2D eigenvalue weighted by molar-refractivity contribution is 4.90. The highest BCUT2D eigenvalue weighted by Gasteiger charge is 2.33. The lowest BCUT2D eigenvalue weighted by Crippen LogP contribution is -2.26. The van der Waals surface area contributed by atoms with Crippen molar-refractivity contribution in [3.8, 4) is 0 Å². The first-order valence-electron chi connectivity index (χ1n) is 3.78. The molecule has 0 spiro atoms. The summed E-state index contributed by atoms with van der Waals surface area (Å²) in [5.74, 6) is 0.573. The third-order valence-electron chi connectivity index (χ3n) is 2.61. The Bertz CT molecular complexity index is 115. The lowest BCUT2D eigenvalue weighted by molar-refractivity contribution is 0.0896. The van der Waals surface area contributed by atoms with E-state index in [4.69, 9.17) is 0 Å². The van der Waals surface area contributed by atoms with E-state index in [0.29, 0.717) is 5.92 Å². The van der Waals surface area contributed by atoms with Crippen molar-refractivity contribution in [2.24, 2.45) is 5.92 Å². The van der Waals surface area contributed by atoms with Crippen LogP contribution in [0.5, 0.6) is 0 Å². The van der Waals surface area contributed by atoms with Crippen molar-refractivity contribution in [1.29, 1.82) is 0 Å². The molecule has 0 aromatic rings. The zero-order chi connectivity index (χ0) is 6.27. The summed E-state index contributed by atoms with van der Waals surface area (Å²) in [5.41, 5.74) is 0. The minimum atomic E-state index is -0.00347. The lowest BCUT2D eigenvalue weighted by atomic mass is 9.88. The molecule has 2 N–H and O–H groups in total. The van der Waals surface area contributed by atoms with Crippen LogP contribution in [0.25, 0.3) is 0 Å². The molecule has 9 heavy (non-hydrogen) atoms. The Kier molecular flexibility index (Phi) is 1.24. The normalized spacial score (nSPS) is 49.7. The van der Waals surface area contributed by atoms with Gasteiger partial charge in [0.05, 0.1) is 6.10 Å². The molecule has 0 aromatic carbocycles. The van der Waals surface area contributed by atoms with Crippen LogP contribution in [0.2, 0.25) is 0 Å². The molecule has 1 saturated heterocycles. The highest BCUT2D eigenvalue weighted by Crippen LogP contribution is 2.28. The minimum Gasteiger partial charge on any atom is -0.393 e. The van der Waals surface area contributed by atoms with Gasteiger partial charge in [0.15, 0.2) is 0 Å². The third-order valence-corrected chi connectivity index (χ3v) is 2.61. The molecule has 1 heterocycles. The maximum atomic E-state index is 9.36. The Morgan fingerprint density at radius 3 is 3.00 bits per heavy atom. The summed E-state index contributed by atoms with van der Waals surface area (Å²) >= 11 is 0. The van der Waals surface area contributed by atoms with Crippen LogP contribution in [-0.2, 0) is 0 Å². The van der Waals surface area contributed by atoms with Gasteiger partial charge in [-0.05, 0) is 25.2 Å². The van der Waals surface area contributed by atoms with Crippen molar-refractivity contribution in [2.75, 3.05) is 6.54 Å². The first-order chi connectivity index (χ1) is 4.36. The second-order valence-electron chi connectivity index (χ2n) is 3.25. The smallest absolute Gasteiger partial charge is 0.0581 e. The molecule has 1 aliphatic carbocycles. The number of rotatable bonds is 0. The lowest BCUT2D eigenvalue weighted by Gasteiger charge is -2.22. The van der Waals surface area contributed by atoms with Crippen molar-refractivity contribution in [3.05, 3.63) is 0 Å². The van der Waals surface area contributed by atoms with Crippen molar-refractivity contribution in [2.45, 2.75) is 31.4 Å². The summed E-state index contributed by atoms with van der Waals surface area (Å²) in [6.07, 6.45) is 3.40. The SMILES string of the molecule is O[C@H]1CC[C@H]2C[C@H]1CN2. The Balaban J connectivity index is 2.05. The molecule has 0 unspecified atom stereocenters. The molecule has 1 saturated carbocycles. The van der Waals surface area contributed by atoms with E-state index < -0.39 is 0 Å². The summed E-state index contributed by atoms with van der Waals surface area (Å²) in [4.78, 5) is 0. The van der Waals surface area contributed by atoms with Crippen LogP contribution >= 0.6 is 0 Å². The van der Waals surface area contributed by atoms with Gasteiger partial charge in [0.1, 0.15) is 0 Å². The molecule has 1 aliphatic heterocycles. The zero-order valence-corrected chi connectivity index (χ0v) is 5.51. The van der Waals surface area contributed by atoms with Gasteiger partial charge in [-0.1, -0.05) is 0 Å². The van der Waals surface area contributed by atoms with Gasteiger partial charge >= 0.3 is 0 Å². The molecular formula is C7H13NO. The molecule has 2 bridgehead atoms. The number of aliphatic hydroxyl groups excluding tert-OH is 1. The van der Waals surface area contributed by atoms with E-state index in [1.807, 2.05) is 0 Å². The fourth-order valence-electron chi connectivity index (χ4n) is 1.97. The van der Waals surface area contributed by atoms with Gasteiger partial charge in [-0.2, -0.15) is 0 Å². The van der Waals surface area contributed by atoms with Crippen LogP contribution in [-0.4, -0.2) is 23.8 Å². The fraction of sp³-hybridized carbons (Fsp3) is 1.00. The molecule has 0 amide bonds. The first-order valence-corrected chi connectivity index (χ1v) is 3.78. The number of hydrogen-bond donors (Lipinski definition) is 2. The van der Waals surface area contributed by atoms with Crippen LogP contribution in [0.4, 0.5) is 0 Å². The van der Waals surface area contributed by atoms with E-state index in [9.17, 15) is 5.11 Å². The molecular weight excluding hydrogens is 114 g/mol. The van der Waals surface area contributed by atoms with Gasteiger partial charge in [-0.3, -0.25) is 0 Å². The highest BCUT2D eigenvalue weighted by atomic mass is 16.3. The quantitative estimate of drug-likeness (QED) is 0.484. The van der Waals surface area contributed by atoms with E-state index in [-0.39, 0.29) is 6.10 Å². The van der Waals surface area contributed by atoms with E-state index >= 15 is 0 Å². The average molecular weight is 127 g/mol. The van der Waals surface area contributed by atoms with Gasteiger partial charge in [-0.15, -0.1) is 0 Å². The summed E-state index contributed by atoms with van der Waals surface area (Å²) < 4.78 is 0. The summed E-state index contributed by atoms with van der Waals surface area (Å²) in [6.45, 7) is 1.05. The van der Waals surface area contributed by atoms with Gasteiger partial charge < -0.3 is 10.4 Å². The Hall–Kier alpha value is -0.0800. The van der Waals surface area contributed by atoms with Crippen LogP contribution < -0.4 is 5.32 Å². The fourth-order valence-corrected chi connectivity index (χ4v) is 1.97. The Morgan fingerprint density at radius 2 is 2.22 bits per heavy atom. The third kappa shape index (κ3) is 0.864. The largest absolute Gasteiger partial charge is 0.393 e. The summed E-state index contributed by atoms with van der Waals surface area (Å²) in [6, 6.07) is 0.735. The van der Waals surface area contributed by atoms with Gasteiger partial charge in [0.25, 0.3) is 0 Å². The van der Waals surface area contributed by atoms with Crippen molar-refractivity contribution < 1.29 is 5.11 Å². The zero-order valence-electron chi connectivity index (χ0n) is 5.51. The van der Waals surface area contributed by atoms with Crippen molar-refractivity contribution >= 4 is 0 Å². The number of nitrogens with one attached hydrogen (secondary N) is 1. The summed E-state index contributed by atoms with van der Waals surface area (Å²) in [7, 11) is 0. The predicted octanol–water partition coefficient (Wildman–Crippen LogP) is 0.119. The molecule has 2 heteroatoms. The minimum absolute atomic E-state index is 0.00347. The topological polar surface area (TPSA) is 32.3 Å². The van der Waals surface area contributed by atoms with E-state index in [1.54, 1.807) is 0 Å².